The van der Waals surface area contributed by atoms with E-state index in [0.717, 1.165) is 25.1 Å². The van der Waals surface area contributed by atoms with Crippen molar-refractivity contribution in [2.24, 2.45) is 0 Å². The third kappa shape index (κ3) is 5.79. The van der Waals surface area contributed by atoms with Gasteiger partial charge < -0.3 is 15.2 Å². The van der Waals surface area contributed by atoms with Crippen molar-refractivity contribution in [1.82, 2.24) is 29.5 Å². The van der Waals surface area contributed by atoms with E-state index in [4.69, 9.17) is 0 Å². The van der Waals surface area contributed by atoms with E-state index in [9.17, 15) is 22.8 Å². The molecule has 39 heavy (non-hydrogen) atoms. The first kappa shape index (κ1) is 25.6. The lowest BCUT2D eigenvalue weighted by molar-refractivity contribution is -0.137. The number of benzene rings is 2. The van der Waals surface area contributed by atoms with E-state index < -0.39 is 17.6 Å². The van der Waals surface area contributed by atoms with Gasteiger partial charge in [0, 0.05) is 48.5 Å². The summed E-state index contributed by atoms with van der Waals surface area (Å²) in [6.45, 7) is 1.18. The number of amides is 2. The largest absolute Gasteiger partial charge is 0.416 e. The summed E-state index contributed by atoms with van der Waals surface area (Å²) in [6.07, 6.45) is 4.42. The molecule has 0 aliphatic heterocycles. The van der Waals surface area contributed by atoms with E-state index in [-0.39, 0.29) is 11.5 Å². The second-order valence-electron chi connectivity index (χ2n) is 8.65. The highest BCUT2D eigenvalue weighted by atomic mass is 19.4. The van der Waals surface area contributed by atoms with E-state index in [0.29, 0.717) is 34.7 Å². The Hall–Kier alpha value is -5.00. The van der Waals surface area contributed by atoms with Crippen LogP contribution in [0.2, 0.25) is 0 Å². The lowest BCUT2D eigenvalue weighted by atomic mass is 10.1. The summed E-state index contributed by atoms with van der Waals surface area (Å²) >= 11 is 0. The molecule has 3 aromatic heterocycles. The second-order valence-corrected chi connectivity index (χ2v) is 8.65. The van der Waals surface area contributed by atoms with Crippen LogP contribution in [0.5, 0.6) is 0 Å². The Morgan fingerprint density at radius 3 is 2.62 bits per heavy atom. The van der Waals surface area contributed by atoms with E-state index in [1.54, 1.807) is 49.1 Å². The number of aromatic nitrogens is 5. The maximum Gasteiger partial charge on any atom is 0.416 e. The minimum absolute atomic E-state index is 0.116. The van der Waals surface area contributed by atoms with Crippen molar-refractivity contribution in [2.75, 3.05) is 11.9 Å². The number of anilines is 1. The fraction of sp³-hybridized carbons (Fsp3) is 0.148. The van der Waals surface area contributed by atoms with Crippen molar-refractivity contribution in [3.05, 3.63) is 102 Å². The Bertz CT molecular complexity index is 1630. The molecule has 9 nitrogen and oxygen atoms in total. The van der Waals surface area contributed by atoms with Crippen molar-refractivity contribution in [3.8, 4) is 11.3 Å². The lowest BCUT2D eigenvalue weighted by Gasteiger charge is -2.11. The number of carbonyl (C=O) groups is 2. The summed E-state index contributed by atoms with van der Waals surface area (Å²) < 4.78 is 42.6. The van der Waals surface area contributed by atoms with Gasteiger partial charge >= 0.3 is 6.18 Å². The van der Waals surface area contributed by atoms with Crippen LogP contribution in [-0.2, 0) is 12.7 Å². The second kappa shape index (κ2) is 10.8. The Balaban J connectivity index is 1.31. The minimum atomic E-state index is -4.55. The normalized spacial score (nSPS) is 11.5. The quantitative estimate of drug-likeness (QED) is 0.282. The highest BCUT2D eigenvalue weighted by molar-refractivity contribution is 6.04. The van der Waals surface area contributed by atoms with Gasteiger partial charge in [0.1, 0.15) is 5.56 Å². The van der Waals surface area contributed by atoms with Crippen LogP contribution in [0.25, 0.3) is 16.9 Å². The Morgan fingerprint density at radius 2 is 1.82 bits per heavy atom. The zero-order chi connectivity index (χ0) is 27.4. The molecule has 0 aliphatic rings. The van der Waals surface area contributed by atoms with Crippen molar-refractivity contribution in [1.29, 1.82) is 0 Å². The zero-order valence-electron chi connectivity index (χ0n) is 20.4. The molecular formula is C27H22F3N7O2. The molecule has 2 amide bonds. The molecule has 2 N–H and O–H groups in total. The van der Waals surface area contributed by atoms with Gasteiger partial charge in [0.25, 0.3) is 11.8 Å². The standard InChI is InChI=1S/C27H22F3N7O2/c28-27(29,30)20-6-1-5-19(14-20)25(38)35-21-7-2-4-18(15-21)23-8-10-32-24-22(16-34-37(23)24)26(39)33-9-3-12-36-13-11-31-17-36/h1-2,4-8,10-11,13-17H,3,9,12H2,(H,33,39)(H,35,38). The van der Waals surface area contributed by atoms with Gasteiger partial charge in [-0.3, -0.25) is 9.59 Å². The topological polar surface area (TPSA) is 106 Å². The number of nitrogens with zero attached hydrogens (tertiary/aromatic N) is 5. The molecule has 3 heterocycles. The molecule has 0 radical (unpaired) electrons. The smallest absolute Gasteiger partial charge is 0.352 e. The maximum atomic E-state index is 13.0. The van der Waals surface area contributed by atoms with Crippen LogP contribution >= 0.6 is 0 Å². The maximum absolute atomic E-state index is 13.0. The monoisotopic (exact) mass is 533 g/mol. The Morgan fingerprint density at radius 1 is 0.974 bits per heavy atom. The van der Waals surface area contributed by atoms with Crippen LogP contribution in [0.4, 0.5) is 18.9 Å². The molecule has 0 bridgehead atoms. The van der Waals surface area contributed by atoms with E-state index in [2.05, 4.69) is 25.7 Å². The average molecular weight is 534 g/mol. The molecule has 0 fully saturated rings. The van der Waals surface area contributed by atoms with Gasteiger partial charge in [0.2, 0.25) is 0 Å². The number of imidazole rings is 1. The van der Waals surface area contributed by atoms with Crippen LogP contribution in [0.3, 0.4) is 0 Å². The summed E-state index contributed by atoms with van der Waals surface area (Å²) in [5.41, 5.74) is 1.29. The molecule has 12 heteroatoms. The van der Waals surface area contributed by atoms with E-state index in [1.807, 2.05) is 10.8 Å². The fourth-order valence-corrected chi connectivity index (χ4v) is 4.04. The number of carbonyl (C=O) groups excluding carboxylic acids is 2. The molecule has 5 rings (SSSR count). The van der Waals surface area contributed by atoms with Gasteiger partial charge in [-0.15, -0.1) is 0 Å². The number of rotatable bonds is 8. The minimum Gasteiger partial charge on any atom is -0.352 e. The fourth-order valence-electron chi connectivity index (χ4n) is 4.04. The molecule has 0 atom stereocenters. The predicted octanol–water partition coefficient (Wildman–Crippen LogP) is 4.68. The third-order valence-electron chi connectivity index (χ3n) is 5.95. The first-order valence-electron chi connectivity index (χ1n) is 12.0. The molecule has 0 spiro atoms. The summed E-state index contributed by atoms with van der Waals surface area (Å²) in [7, 11) is 0. The number of hydrogen-bond donors (Lipinski definition) is 2. The summed E-state index contributed by atoms with van der Waals surface area (Å²) in [5.74, 6) is -0.980. The van der Waals surface area contributed by atoms with E-state index >= 15 is 0 Å². The first-order valence-corrected chi connectivity index (χ1v) is 12.0. The number of aryl methyl sites for hydroxylation is 1. The molecule has 0 unspecified atom stereocenters. The molecule has 5 aromatic rings. The van der Waals surface area contributed by atoms with Crippen LogP contribution in [0, 0.1) is 0 Å². The van der Waals surface area contributed by atoms with Crippen LogP contribution in [-0.4, -0.2) is 42.5 Å². The van der Waals surface area contributed by atoms with Gasteiger partial charge in [-0.05, 0) is 42.8 Å². The zero-order valence-corrected chi connectivity index (χ0v) is 20.4. The summed E-state index contributed by atoms with van der Waals surface area (Å²) in [4.78, 5) is 33.7. The van der Waals surface area contributed by atoms with Gasteiger partial charge in [-0.1, -0.05) is 18.2 Å². The lowest BCUT2D eigenvalue weighted by Crippen LogP contribution is -2.25. The number of alkyl halides is 3. The Kier molecular flexibility index (Phi) is 7.08. The highest BCUT2D eigenvalue weighted by Gasteiger charge is 2.31. The molecule has 2 aromatic carbocycles. The number of halogens is 3. The average Bonchev–Trinajstić information content (AvgIpc) is 3.61. The molecule has 198 valence electrons. The molecule has 0 aliphatic carbocycles. The molecule has 0 saturated carbocycles. The summed E-state index contributed by atoms with van der Waals surface area (Å²) in [6, 6.07) is 12.7. The van der Waals surface area contributed by atoms with Crippen LogP contribution in [0.15, 0.2) is 85.7 Å². The van der Waals surface area contributed by atoms with Crippen LogP contribution in [0.1, 0.15) is 32.7 Å². The van der Waals surface area contributed by atoms with Gasteiger partial charge in [-0.25, -0.2) is 14.5 Å². The van der Waals surface area contributed by atoms with Crippen molar-refractivity contribution in [2.45, 2.75) is 19.1 Å². The third-order valence-corrected chi connectivity index (χ3v) is 5.95. The highest BCUT2D eigenvalue weighted by Crippen LogP contribution is 2.30. The Labute approximate surface area is 220 Å². The first-order chi connectivity index (χ1) is 18.8. The van der Waals surface area contributed by atoms with Gasteiger partial charge in [0.15, 0.2) is 5.65 Å². The number of hydrogen-bond acceptors (Lipinski definition) is 5. The number of nitrogens with one attached hydrogen (secondary N) is 2. The molecular weight excluding hydrogens is 511 g/mol. The van der Waals surface area contributed by atoms with Crippen LogP contribution < -0.4 is 10.6 Å². The molecule has 0 saturated heterocycles. The van der Waals surface area contributed by atoms with Crippen molar-refractivity contribution >= 4 is 23.1 Å². The van der Waals surface area contributed by atoms with Gasteiger partial charge in [-0.2, -0.15) is 18.3 Å². The van der Waals surface area contributed by atoms with Crippen molar-refractivity contribution in [3.63, 3.8) is 0 Å². The number of fused-ring (bicyclic) bond motifs is 1. The van der Waals surface area contributed by atoms with Gasteiger partial charge in [0.05, 0.1) is 23.8 Å². The van der Waals surface area contributed by atoms with Crippen molar-refractivity contribution < 1.29 is 22.8 Å². The van der Waals surface area contributed by atoms with E-state index in [1.165, 1.54) is 22.8 Å². The SMILES string of the molecule is O=C(Nc1cccc(-c2ccnc3c(C(=O)NCCCn4ccnc4)cnn23)c1)c1cccc(C(F)(F)F)c1. The predicted molar refractivity (Wildman–Crippen MR) is 137 cm³/mol. The summed E-state index contributed by atoms with van der Waals surface area (Å²) in [5, 5.41) is 9.85.